The first-order valence-electron chi connectivity index (χ1n) is 14.0. The minimum Gasteiger partial charge on any atom is -0.356 e. The molecule has 0 radical (unpaired) electrons. The zero-order chi connectivity index (χ0) is 22.3. The van der Waals surface area contributed by atoms with Crippen LogP contribution in [0, 0.1) is 29.6 Å². The van der Waals surface area contributed by atoms with E-state index in [2.05, 4.69) is 29.1 Å². The van der Waals surface area contributed by atoms with Crippen molar-refractivity contribution >= 4 is 0 Å². The van der Waals surface area contributed by atoms with Crippen molar-refractivity contribution < 1.29 is 0 Å². The van der Waals surface area contributed by atoms with Gasteiger partial charge in [-0.3, -0.25) is 0 Å². The lowest BCUT2D eigenvalue weighted by Crippen LogP contribution is -2.64. The molecule has 4 atom stereocenters. The van der Waals surface area contributed by atoms with Crippen LogP contribution < -0.4 is 16.8 Å². The van der Waals surface area contributed by atoms with Crippen LogP contribution in [0.15, 0.2) is 11.3 Å². The molecule has 5 N–H and O–H groups in total. The highest BCUT2D eigenvalue weighted by Crippen LogP contribution is 2.56. The van der Waals surface area contributed by atoms with Crippen molar-refractivity contribution in [2.45, 2.75) is 89.3 Å². The van der Waals surface area contributed by atoms with Gasteiger partial charge in [0.15, 0.2) is 0 Å². The summed E-state index contributed by atoms with van der Waals surface area (Å²) in [6.07, 6.45) is 14.4. The summed E-state index contributed by atoms with van der Waals surface area (Å²) < 4.78 is 0. The summed E-state index contributed by atoms with van der Waals surface area (Å²) in [6.45, 7) is 8.11. The maximum Gasteiger partial charge on any atom is 0.0992 e. The second-order valence-corrected chi connectivity index (χ2v) is 11.9. The number of hydrogen-bond acceptors (Lipinski definition) is 5. The van der Waals surface area contributed by atoms with Crippen LogP contribution in [0.3, 0.4) is 0 Å². The van der Waals surface area contributed by atoms with Crippen LogP contribution in [-0.2, 0) is 0 Å². The average molecular weight is 444 g/mol. The Hall–Kier alpha value is -0.620. The number of hydrogen-bond donors (Lipinski definition) is 3. The second-order valence-electron chi connectivity index (χ2n) is 11.9. The van der Waals surface area contributed by atoms with Crippen molar-refractivity contribution in [3.63, 3.8) is 0 Å². The highest BCUT2D eigenvalue weighted by molar-refractivity contribution is 5.36. The fraction of sp³-hybridized carbons (Fsp3) is 0.926. The number of rotatable bonds is 5. The number of nitrogens with two attached hydrogens (primary N) is 2. The Morgan fingerprint density at radius 3 is 2.31 bits per heavy atom. The number of nitrogens with one attached hydrogen (secondary N) is 1. The van der Waals surface area contributed by atoms with Gasteiger partial charge in [-0.05, 0) is 108 Å². The summed E-state index contributed by atoms with van der Waals surface area (Å²) >= 11 is 0. The second kappa shape index (κ2) is 9.56. The summed E-state index contributed by atoms with van der Waals surface area (Å²) in [6, 6.07) is 0.409. The Morgan fingerprint density at radius 1 is 0.969 bits per heavy atom. The van der Waals surface area contributed by atoms with E-state index in [0.29, 0.717) is 29.7 Å². The Labute approximate surface area is 196 Å². The SMILES string of the molecule is CCN1C(C2CCCCC2)=C(C2CCC(N)CC2)C(C2CCNC2)C1(N)C1CCN(C)C1. The number of nitrogens with zero attached hydrogens (tertiary/aromatic N) is 2. The largest absolute Gasteiger partial charge is 0.356 e. The fourth-order valence-electron chi connectivity index (χ4n) is 8.49. The first-order valence-corrected chi connectivity index (χ1v) is 14.0. The van der Waals surface area contributed by atoms with Crippen molar-refractivity contribution in [3.05, 3.63) is 11.3 Å². The van der Waals surface area contributed by atoms with Gasteiger partial charge in [-0.2, -0.15) is 0 Å². The van der Waals surface area contributed by atoms with Gasteiger partial charge in [0, 0.05) is 36.7 Å². The third-order valence-electron chi connectivity index (χ3n) is 10.0. The summed E-state index contributed by atoms with van der Waals surface area (Å²) in [7, 11) is 2.29. The van der Waals surface area contributed by atoms with Gasteiger partial charge in [0.1, 0.15) is 0 Å². The molecule has 5 nitrogen and oxygen atoms in total. The number of allylic oxidation sites excluding steroid dienone is 1. The average Bonchev–Trinajstić information content (AvgIpc) is 3.53. The van der Waals surface area contributed by atoms with Gasteiger partial charge >= 0.3 is 0 Å². The smallest absolute Gasteiger partial charge is 0.0992 e. The molecule has 4 unspecified atom stereocenters. The van der Waals surface area contributed by atoms with E-state index in [0.717, 1.165) is 32.1 Å². The van der Waals surface area contributed by atoms with E-state index < -0.39 is 0 Å². The Bertz CT molecular complexity index is 672. The molecule has 0 bridgehead atoms. The van der Waals surface area contributed by atoms with E-state index in [4.69, 9.17) is 11.5 Å². The molecule has 32 heavy (non-hydrogen) atoms. The molecule has 0 aromatic carbocycles. The highest BCUT2D eigenvalue weighted by Gasteiger charge is 2.59. The molecule has 0 spiro atoms. The lowest BCUT2D eigenvalue weighted by atomic mass is 9.66. The van der Waals surface area contributed by atoms with E-state index in [1.807, 2.05) is 5.57 Å². The summed E-state index contributed by atoms with van der Waals surface area (Å²) in [5, 5.41) is 3.72. The standard InChI is InChI=1S/C27H49N5/c1-3-32-26(20-7-5-4-6-8-20)24(19-9-11-23(28)12-10-19)25(21-13-15-30-17-21)27(32,29)22-14-16-31(2)18-22/h19-23,25,30H,3-18,28-29H2,1-2H3. The zero-order valence-electron chi connectivity index (χ0n) is 20.8. The minimum absolute atomic E-state index is 0.210. The molecule has 3 heterocycles. The van der Waals surface area contributed by atoms with Gasteiger partial charge in [-0.25, -0.2) is 0 Å². The number of likely N-dealkylation sites (tertiary alicyclic amines) is 1. The van der Waals surface area contributed by atoms with E-state index in [1.54, 1.807) is 5.70 Å². The van der Waals surface area contributed by atoms with Crippen molar-refractivity contribution in [2.24, 2.45) is 41.1 Å². The monoisotopic (exact) mass is 443 g/mol. The van der Waals surface area contributed by atoms with Crippen molar-refractivity contribution in [1.82, 2.24) is 15.1 Å². The fourth-order valence-corrected chi connectivity index (χ4v) is 8.49. The third kappa shape index (κ3) is 3.95. The van der Waals surface area contributed by atoms with Crippen LogP contribution in [0.5, 0.6) is 0 Å². The Kier molecular flexibility index (Phi) is 6.91. The summed E-state index contributed by atoms with van der Waals surface area (Å²) in [5.41, 5.74) is 17.6. The van der Waals surface area contributed by atoms with Crippen LogP contribution in [0.4, 0.5) is 0 Å². The molecule has 2 saturated heterocycles. The van der Waals surface area contributed by atoms with Gasteiger partial charge in [0.05, 0.1) is 5.66 Å². The van der Waals surface area contributed by atoms with Gasteiger partial charge < -0.3 is 26.6 Å². The molecule has 5 rings (SSSR count). The predicted octanol–water partition coefficient (Wildman–Crippen LogP) is 3.51. The van der Waals surface area contributed by atoms with Crippen LogP contribution in [0.2, 0.25) is 0 Å². The van der Waals surface area contributed by atoms with E-state index in [9.17, 15) is 0 Å². The molecule has 2 aliphatic carbocycles. The molecule has 3 aliphatic heterocycles. The van der Waals surface area contributed by atoms with Gasteiger partial charge in [0.2, 0.25) is 0 Å². The van der Waals surface area contributed by atoms with Gasteiger partial charge in [0.25, 0.3) is 0 Å². The van der Waals surface area contributed by atoms with Crippen molar-refractivity contribution in [2.75, 3.05) is 39.8 Å². The van der Waals surface area contributed by atoms with Crippen LogP contribution in [0.1, 0.15) is 77.6 Å². The molecular weight excluding hydrogens is 394 g/mol. The topological polar surface area (TPSA) is 70.5 Å². The maximum absolute atomic E-state index is 7.83. The van der Waals surface area contributed by atoms with Gasteiger partial charge in [-0.1, -0.05) is 19.3 Å². The molecule has 5 heteroatoms. The Morgan fingerprint density at radius 2 is 1.72 bits per heavy atom. The molecule has 182 valence electrons. The molecule has 0 amide bonds. The predicted molar refractivity (Wildman–Crippen MR) is 133 cm³/mol. The zero-order valence-corrected chi connectivity index (χ0v) is 20.8. The van der Waals surface area contributed by atoms with E-state index >= 15 is 0 Å². The molecule has 0 aromatic heterocycles. The van der Waals surface area contributed by atoms with Crippen LogP contribution >= 0.6 is 0 Å². The first-order chi connectivity index (χ1) is 15.5. The summed E-state index contributed by atoms with van der Waals surface area (Å²) in [5.74, 6) is 3.21. The van der Waals surface area contributed by atoms with Crippen LogP contribution in [-0.4, -0.2) is 61.3 Å². The van der Waals surface area contributed by atoms with Crippen molar-refractivity contribution in [3.8, 4) is 0 Å². The highest BCUT2D eigenvalue weighted by atomic mass is 15.3. The molecular formula is C27H49N5. The van der Waals surface area contributed by atoms with E-state index in [-0.39, 0.29) is 5.66 Å². The molecule has 5 aliphatic rings. The van der Waals surface area contributed by atoms with Crippen LogP contribution in [0.25, 0.3) is 0 Å². The minimum atomic E-state index is -0.210. The summed E-state index contributed by atoms with van der Waals surface area (Å²) in [4.78, 5) is 5.33. The molecule has 0 aromatic rings. The lowest BCUT2D eigenvalue weighted by molar-refractivity contribution is 0.0253. The third-order valence-corrected chi connectivity index (χ3v) is 10.0. The Balaban J connectivity index is 1.61. The van der Waals surface area contributed by atoms with E-state index in [1.165, 1.54) is 77.2 Å². The van der Waals surface area contributed by atoms with Crippen molar-refractivity contribution in [1.29, 1.82) is 0 Å². The quantitative estimate of drug-likeness (QED) is 0.607. The normalized spacial score (nSPS) is 42.4. The molecule has 4 fully saturated rings. The first kappa shape index (κ1) is 23.1. The molecule has 2 saturated carbocycles. The maximum atomic E-state index is 7.83. The lowest BCUT2D eigenvalue weighted by Gasteiger charge is -2.49. The van der Waals surface area contributed by atoms with Gasteiger partial charge in [-0.15, -0.1) is 0 Å².